The van der Waals surface area contributed by atoms with Crippen LogP contribution >= 0.6 is 0 Å². The largest absolute Gasteiger partial charge is 0.329 e. The van der Waals surface area contributed by atoms with Crippen molar-refractivity contribution in [3.63, 3.8) is 0 Å². The van der Waals surface area contributed by atoms with Crippen LogP contribution in [0.1, 0.15) is 29.2 Å². The summed E-state index contributed by atoms with van der Waals surface area (Å²) in [5.41, 5.74) is 15.5. The number of benzene rings is 1. The van der Waals surface area contributed by atoms with Gasteiger partial charge in [0.1, 0.15) is 0 Å². The molecule has 0 bridgehead atoms. The smallest absolute Gasteiger partial charge is 0.0419 e. The summed E-state index contributed by atoms with van der Waals surface area (Å²) in [5.74, 6) is 0. The standard InChI is InChI=1S/C11H16N2/c12-7-11(13)10-5-4-8-2-1-3-9(8)6-10/h4-6,11H,1-3,7,12-13H2/t11-/m0/s1. The first-order valence-corrected chi connectivity index (χ1v) is 4.88. The first-order valence-electron chi connectivity index (χ1n) is 4.88. The van der Waals surface area contributed by atoms with E-state index in [2.05, 4.69) is 18.2 Å². The molecule has 2 rings (SSSR count). The lowest BCUT2D eigenvalue weighted by Gasteiger charge is -2.10. The number of rotatable bonds is 2. The van der Waals surface area contributed by atoms with Crippen molar-refractivity contribution in [2.24, 2.45) is 11.5 Å². The highest BCUT2D eigenvalue weighted by atomic mass is 14.7. The van der Waals surface area contributed by atoms with E-state index < -0.39 is 0 Å². The normalized spacial score (nSPS) is 17.1. The Morgan fingerprint density at radius 3 is 2.77 bits per heavy atom. The highest BCUT2D eigenvalue weighted by molar-refractivity contribution is 5.36. The molecule has 1 atom stereocenters. The van der Waals surface area contributed by atoms with Gasteiger partial charge in [0.2, 0.25) is 0 Å². The summed E-state index contributed by atoms with van der Waals surface area (Å²) < 4.78 is 0. The minimum Gasteiger partial charge on any atom is -0.329 e. The molecule has 0 radical (unpaired) electrons. The number of fused-ring (bicyclic) bond motifs is 1. The van der Waals surface area contributed by atoms with Crippen LogP contribution in [0.4, 0.5) is 0 Å². The average Bonchev–Trinajstić information content (AvgIpc) is 2.63. The molecule has 2 heteroatoms. The molecule has 70 valence electrons. The second kappa shape index (κ2) is 3.48. The molecular formula is C11H16N2. The molecule has 4 N–H and O–H groups in total. The van der Waals surface area contributed by atoms with Gasteiger partial charge in [-0.2, -0.15) is 0 Å². The Morgan fingerprint density at radius 2 is 2.00 bits per heavy atom. The Balaban J connectivity index is 2.30. The van der Waals surface area contributed by atoms with Crippen LogP contribution in [0.2, 0.25) is 0 Å². The highest BCUT2D eigenvalue weighted by Crippen LogP contribution is 2.24. The molecule has 0 amide bonds. The third kappa shape index (κ3) is 1.60. The molecule has 0 fully saturated rings. The van der Waals surface area contributed by atoms with E-state index in [1.165, 1.54) is 36.0 Å². The first kappa shape index (κ1) is 8.73. The molecule has 1 aromatic carbocycles. The van der Waals surface area contributed by atoms with Gasteiger partial charge in [0.05, 0.1) is 0 Å². The van der Waals surface area contributed by atoms with Gasteiger partial charge < -0.3 is 11.5 Å². The van der Waals surface area contributed by atoms with Crippen LogP contribution in [0.25, 0.3) is 0 Å². The molecular weight excluding hydrogens is 160 g/mol. The van der Waals surface area contributed by atoms with Crippen LogP contribution in [0.5, 0.6) is 0 Å². The van der Waals surface area contributed by atoms with Crippen molar-refractivity contribution in [1.29, 1.82) is 0 Å². The molecule has 0 aromatic heterocycles. The van der Waals surface area contributed by atoms with Crippen molar-refractivity contribution >= 4 is 0 Å². The topological polar surface area (TPSA) is 52.0 Å². The number of aryl methyl sites for hydroxylation is 2. The molecule has 13 heavy (non-hydrogen) atoms. The molecule has 0 spiro atoms. The molecule has 1 aromatic rings. The Hall–Kier alpha value is -0.860. The second-order valence-electron chi connectivity index (χ2n) is 3.72. The number of hydrogen-bond acceptors (Lipinski definition) is 2. The van der Waals surface area contributed by atoms with Crippen LogP contribution < -0.4 is 11.5 Å². The van der Waals surface area contributed by atoms with Crippen molar-refractivity contribution in [1.82, 2.24) is 0 Å². The molecule has 0 saturated heterocycles. The van der Waals surface area contributed by atoms with Crippen LogP contribution in [0, 0.1) is 0 Å². The van der Waals surface area contributed by atoms with Gasteiger partial charge in [-0.3, -0.25) is 0 Å². The number of nitrogens with two attached hydrogens (primary N) is 2. The first-order chi connectivity index (χ1) is 6.31. The summed E-state index contributed by atoms with van der Waals surface area (Å²) in [4.78, 5) is 0. The van der Waals surface area contributed by atoms with Gasteiger partial charge in [0.25, 0.3) is 0 Å². The molecule has 0 unspecified atom stereocenters. The zero-order valence-electron chi connectivity index (χ0n) is 7.79. The summed E-state index contributed by atoms with van der Waals surface area (Å²) in [6.07, 6.45) is 3.73. The lowest BCUT2D eigenvalue weighted by Crippen LogP contribution is -2.20. The Morgan fingerprint density at radius 1 is 1.23 bits per heavy atom. The lowest BCUT2D eigenvalue weighted by atomic mass is 10.0. The van der Waals surface area contributed by atoms with Crippen LogP contribution in [0.3, 0.4) is 0 Å². The fraction of sp³-hybridized carbons (Fsp3) is 0.455. The second-order valence-corrected chi connectivity index (χ2v) is 3.72. The third-order valence-corrected chi connectivity index (χ3v) is 2.80. The minimum absolute atomic E-state index is 0.00546. The van der Waals surface area contributed by atoms with Crippen molar-refractivity contribution < 1.29 is 0 Å². The maximum absolute atomic E-state index is 5.86. The van der Waals surface area contributed by atoms with Crippen LogP contribution in [-0.2, 0) is 12.8 Å². The van der Waals surface area contributed by atoms with E-state index in [1.54, 1.807) is 0 Å². The monoisotopic (exact) mass is 176 g/mol. The van der Waals surface area contributed by atoms with Gasteiger partial charge in [0, 0.05) is 12.6 Å². The van der Waals surface area contributed by atoms with E-state index in [9.17, 15) is 0 Å². The van der Waals surface area contributed by atoms with E-state index in [0.29, 0.717) is 6.54 Å². The zero-order chi connectivity index (χ0) is 9.26. The Bertz CT molecular complexity index is 307. The molecule has 1 aliphatic carbocycles. The van der Waals surface area contributed by atoms with Gasteiger partial charge in [-0.15, -0.1) is 0 Å². The van der Waals surface area contributed by atoms with E-state index in [0.717, 1.165) is 0 Å². The summed E-state index contributed by atoms with van der Waals surface area (Å²) in [6, 6.07) is 6.54. The third-order valence-electron chi connectivity index (χ3n) is 2.80. The minimum atomic E-state index is 0.00546. The van der Waals surface area contributed by atoms with Gasteiger partial charge in [-0.25, -0.2) is 0 Å². The SMILES string of the molecule is NC[C@H](N)c1ccc2c(c1)CCC2. The lowest BCUT2D eigenvalue weighted by molar-refractivity contribution is 0.736. The van der Waals surface area contributed by atoms with Crippen molar-refractivity contribution in [3.8, 4) is 0 Å². The molecule has 0 saturated carbocycles. The van der Waals surface area contributed by atoms with Crippen molar-refractivity contribution in [2.75, 3.05) is 6.54 Å². The van der Waals surface area contributed by atoms with Gasteiger partial charge >= 0.3 is 0 Å². The zero-order valence-corrected chi connectivity index (χ0v) is 7.79. The Labute approximate surface area is 78.9 Å². The molecule has 2 nitrogen and oxygen atoms in total. The summed E-state index contributed by atoms with van der Waals surface area (Å²) in [5, 5.41) is 0. The predicted molar refractivity (Wildman–Crippen MR) is 54.4 cm³/mol. The van der Waals surface area contributed by atoms with E-state index in [-0.39, 0.29) is 6.04 Å². The highest BCUT2D eigenvalue weighted by Gasteiger charge is 2.12. The summed E-state index contributed by atoms with van der Waals surface area (Å²) in [6.45, 7) is 0.527. The van der Waals surface area contributed by atoms with Crippen LogP contribution in [0.15, 0.2) is 18.2 Å². The maximum atomic E-state index is 5.86. The Kier molecular flexibility index (Phi) is 2.34. The van der Waals surface area contributed by atoms with Crippen molar-refractivity contribution in [3.05, 3.63) is 34.9 Å². The molecule has 0 heterocycles. The summed E-state index contributed by atoms with van der Waals surface area (Å²) >= 11 is 0. The quantitative estimate of drug-likeness (QED) is 0.709. The van der Waals surface area contributed by atoms with Gasteiger partial charge in [-0.1, -0.05) is 18.2 Å². The molecule has 1 aliphatic rings. The predicted octanol–water partition coefficient (Wildman–Crippen LogP) is 1.13. The molecule has 0 aliphatic heterocycles. The number of hydrogen-bond donors (Lipinski definition) is 2. The fourth-order valence-electron chi connectivity index (χ4n) is 1.96. The average molecular weight is 176 g/mol. The maximum Gasteiger partial charge on any atom is 0.0419 e. The van der Waals surface area contributed by atoms with Crippen LogP contribution in [-0.4, -0.2) is 6.54 Å². The van der Waals surface area contributed by atoms with Gasteiger partial charge in [0.15, 0.2) is 0 Å². The summed E-state index contributed by atoms with van der Waals surface area (Å²) in [7, 11) is 0. The fourth-order valence-corrected chi connectivity index (χ4v) is 1.96. The van der Waals surface area contributed by atoms with E-state index in [1.807, 2.05) is 0 Å². The van der Waals surface area contributed by atoms with Crippen molar-refractivity contribution in [2.45, 2.75) is 25.3 Å². The van der Waals surface area contributed by atoms with Gasteiger partial charge in [-0.05, 0) is 36.0 Å². The van der Waals surface area contributed by atoms with E-state index >= 15 is 0 Å². The van der Waals surface area contributed by atoms with E-state index in [4.69, 9.17) is 11.5 Å².